The summed E-state index contributed by atoms with van der Waals surface area (Å²) >= 11 is 1.33. The Bertz CT molecular complexity index is 737. The van der Waals surface area contributed by atoms with Gasteiger partial charge in [0.2, 0.25) is 0 Å². The van der Waals surface area contributed by atoms with E-state index in [1.807, 2.05) is 0 Å². The molecule has 3 rings (SSSR count). The van der Waals surface area contributed by atoms with Gasteiger partial charge in [-0.25, -0.2) is 13.8 Å². The van der Waals surface area contributed by atoms with Crippen LogP contribution in [-0.4, -0.2) is 4.98 Å². The van der Waals surface area contributed by atoms with Crippen LogP contribution in [0.15, 0.2) is 36.4 Å². The monoisotopic (exact) mass is 262 g/mol. The normalized spacial score (nSPS) is 11.0. The molecule has 0 aliphatic rings. The van der Waals surface area contributed by atoms with Gasteiger partial charge in [0.25, 0.3) is 0 Å². The maximum absolute atomic E-state index is 13.6. The number of hydrogen-bond donors (Lipinski definition) is 1. The summed E-state index contributed by atoms with van der Waals surface area (Å²) in [5, 5.41) is 0.521. The molecule has 90 valence electrons. The van der Waals surface area contributed by atoms with Crippen LogP contribution in [0, 0.1) is 11.6 Å². The first kappa shape index (κ1) is 11.1. The first-order chi connectivity index (χ1) is 8.63. The van der Waals surface area contributed by atoms with Crippen molar-refractivity contribution in [1.82, 2.24) is 4.98 Å². The Morgan fingerprint density at radius 2 is 1.89 bits per heavy atom. The fourth-order valence-corrected chi connectivity index (χ4v) is 2.76. The molecule has 2 aromatic carbocycles. The fourth-order valence-electron chi connectivity index (χ4n) is 1.72. The van der Waals surface area contributed by atoms with Gasteiger partial charge in [0.1, 0.15) is 16.6 Å². The Kier molecular flexibility index (Phi) is 2.48. The summed E-state index contributed by atoms with van der Waals surface area (Å²) in [6, 6.07) is 8.79. The SMILES string of the molecule is Nc1ccc2nc(-c3ccc(F)cc3F)sc2c1. The molecule has 0 aliphatic carbocycles. The highest BCUT2D eigenvalue weighted by molar-refractivity contribution is 7.21. The topological polar surface area (TPSA) is 38.9 Å². The summed E-state index contributed by atoms with van der Waals surface area (Å²) in [6.07, 6.45) is 0. The fraction of sp³-hybridized carbons (Fsp3) is 0. The van der Waals surface area contributed by atoms with Crippen molar-refractivity contribution in [2.75, 3.05) is 5.73 Å². The number of rotatable bonds is 1. The third-order valence-corrected chi connectivity index (χ3v) is 3.63. The molecule has 0 amide bonds. The van der Waals surface area contributed by atoms with Crippen molar-refractivity contribution >= 4 is 27.2 Å². The minimum Gasteiger partial charge on any atom is -0.399 e. The van der Waals surface area contributed by atoms with Crippen LogP contribution in [0.4, 0.5) is 14.5 Å². The lowest BCUT2D eigenvalue weighted by molar-refractivity contribution is 0.585. The maximum Gasteiger partial charge on any atom is 0.136 e. The summed E-state index contributed by atoms with van der Waals surface area (Å²) in [5.41, 5.74) is 7.37. The van der Waals surface area contributed by atoms with Crippen molar-refractivity contribution in [3.8, 4) is 10.6 Å². The third kappa shape index (κ3) is 1.82. The Hall–Kier alpha value is -2.01. The van der Waals surface area contributed by atoms with Crippen LogP contribution in [-0.2, 0) is 0 Å². The van der Waals surface area contributed by atoms with Crippen LogP contribution in [0.25, 0.3) is 20.8 Å². The Morgan fingerprint density at radius 3 is 2.67 bits per heavy atom. The van der Waals surface area contributed by atoms with Gasteiger partial charge in [-0.05, 0) is 30.3 Å². The number of aromatic nitrogens is 1. The Morgan fingerprint density at radius 1 is 1.06 bits per heavy atom. The van der Waals surface area contributed by atoms with Crippen molar-refractivity contribution < 1.29 is 8.78 Å². The smallest absolute Gasteiger partial charge is 0.136 e. The second-order valence-electron chi connectivity index (χ2n) is 3.87. The highest BCUT2D eigenvalue weighted by Gasteiger charge is 2.11. The number of thiazole rings is 1. The molecule has 2 N–H and O–H groups in total. The van der Waals surface area contributed by atoms with Crippen LogP contribution in [0.3, 0.4) is 0 Å². The maximum atomic E-state index is 13.6. The predicted molar refractivity (Wildman–Crippen MR) is 69.4 cm³/mol. The van der Waals surface area contributed by atoms with Crippen molar-refractivity contribution in [2.45, 2.75) is 0 Å². The average molecular weight is 262 g/mol. The standard InChI is InChI=1S/C13H8F2N2S/c14-7-1-3-9(10(15)5-7)13-17-11-4-2-8(16)6-12(11)18-13/h1-6H,16H2. The number of fused-ring (bicyclic) bond motifs is 1. The molecular weight excluding hydrogens is 254 g/mol. The zero-order valence-corrected chi connectivity index (χ0v) is 9.97. The molecule has 1 aromatic heterocycles. The van der Waals surface area contributed by atoms with E-state index in [-0.39, 0.29) is 0 Å². The molecule has 3 aromatic rings. The van der Waals surface area contributed by atoms with Gasteiger partial charge in [-0.1, -0.05) is 0 Å². The Labute approximate surface area is 106 Å². The second kappa shape index (κ2) is 4.03. The summed E-state index contributed by atoms with van der Waals surface area (Å²) < 4.78 is 27.4. The van der Waals surface area contributed by atoms with Gasteiger partial charge in [0.15, 0.2) is 0 Å². The number of hydrogen-bond acceptors (Lipinski definition) is 3. The number of anilines is 1. The average Bonchev–Trinajstić information content (AvgIpc) is 2.71. The first-order valence-corrected chi connectivity index (χ1v) is 6.06. The molecule has 0 aliphatic heterocycles. The van der Waals surface area contributed by atoms with Crippen LogP contribution >= 0.6 is 11.3 Å². The van der Waals surface area contributed by atoms with Gasteiger partial charge in [0.05, 0.1) is 10.2 Å². The van der Waals surface area contributed by atoms with Crippen LogP contribution in [0.2, 0.25) is 0 Å². The van der Waals surface area contributed by atoms with Gasteiger partial charge < -0.3 is 5.73 Å². The molecule has 0 atom stereocenters. The van der Waals surface area contributed by atoms with E-state index in [1.165, 1.54) is 23.5 Å². The van der Waals surface area contributed by atoms with Gasteiger partial charge in [-0.2, -0.15) is 0 Å². The van der Waals surface area contributed by atoms with E-state index in [1.54, 1.807) is 18.2 Å². The number of nitrogen functional groups attached to an aromatic ring is 1. The van der Waals surface area contributed by atoms with E-state index < -0.39 is 11.6 Å². The number of benzene rings is 2. The van der Waals surface area contributed by atoms with Gasteiger partial charge in [-0.3, -0.25) is 0 Å². The van der Waals surface area contributed by atoms with E-state index in [2.05, 4.69) is 4.98 Å². The molecular formula is C13H8F2N2S. The van der Waals surface area contributed by atoms with Gasteiger partial charge >= 0.3 is 0 Å². The highest BCUT2D eigenvalue weighted by Crippen LogP contribution is 2.32. The molecule has 5 heteroatoms. The largest absolute Gasteiger partial charge is 0.399 e. The zero-order valence-electron chi connectivity index (χ0n) is 9.15. The second-order valence-corrected chi connectivity index (χ2v) is 4.90. The van der Waals surface area contributed by atoms with E-state index in [0.29, 0.717) is 16.3 Å². The van der Waals surface area contributed by atoms with Crippen molar-refractivity contribution in [1.29, 1.82) is 0 Å². The quantitative estimate of drug-likeness (QED) is 0.677. The van der Waals surface area contributed by atoms with Crippen LogP contribution in [0.5, 0.6) is 0 Å². The molecule has 1 heterocycles. The van der Waals surface area contributed by atoms with E-state index >= 15 is 0 Å². The summed E-state index contributed by atoms with van der Waals surface area (Å²) in [6.45, 7) is 0. The van der Waals surface area contributed by atoms with Crippen molar-refractivity contribution in [2.24, 2.45) is 0 Å². The van der Waals surface area contributed by atoms with Crippen molar-refractivity contribution in [3.63, 3.8) is 0 Å². The lowest BCUT2D eigenvalue weighted by Crippen LogP contribution is -1.85. The van der Waals surface area contributed by atoms with Gasteiger partial charge in [-0.15, -0.1) is 11.3 Å². The third-order valence-electron chi connectivity index (χ3n) is 2.57. The van der Waals surface area contributed by atoms with E-state index in [4.69, 9.17) is 5.73 Å². The summed E-state index contributed by atoms with van der Waals surface area (Å²) in [5.74, 6) is -1.20. The number of halogens is 2. The predicted octanol–water partition coefficient (Wildman–Crippen LogP) is 3.82. The highest BCUT2D eigenvalue weighted by atomic mass is 32.1. The zero-order chi connectivity index (χ0) is 12.7. The molecule has 0 unspecified atom stereocenters. The molecule has 2 nitrogen and oxygen atoms in total. The first-order valence-electron chi connectivity index (χ1n) is 5.25. The lowest BCUT2D eigenvalue weighted by Gasteiger charge is -1.97. The van der Waals surface area contributed by atoms with Crippen molar-refractivity contribution in [3.05, 3.63) is 48.0 Å². The minimum atomic E-state index is -0.609. The van der Waals surface area contributed by atoms with E-state index in [0.717, 1.165) is 16.3 Å². The van der Waals surface area contributed by atoms with Crippen LogP contribution in [0.1, 0.15) is 0 Å². The molecule has 0 spiro atoms. The van der Waals surface area contributed by atoms with E-state index in [9.17, 15) is 8.78 Å². The summed E-state index contributed by atoms with van der Waals surface area (Å²) in [4.78, 5) is 4.32. The molecule has 18 heavy (non-hydrogen) atoms. The molecule has 0 saturated carbocycles. The minimum absolute atomic E-state index is 0.302. The number of nitrogens with zero attached hydrogens (tertiary/aromatic N) is 1. The Balaban J connectivity index is 2.19. The molecule has 0 bridgehead atoms. The molecule has 0 fully saturated rings. The van der Waals surface area contributed by atoms with Crippen LogP contribution < -0.4 is 5.73 Å². The summed E-state index contributed by atoms with van der Waals surface area (Å²) in [7, 11) is 0. The molecule has 0 saturated heterocycles. The molecule has 0 radical (unpaired) electrons. The van der Waals surface area contributed by atoms with Gasteiger partial charge in [0, 0.05) is 17.3 Å². The lowest BCUT2D eigenvalue weighted by atomic mass is 10.2. The number of nitrogens with two attached hydrogens (primary N) is 1.